The lowest BCUT2D eigenvalue weighted by atomic mass is 10.1. The third kappa shape index (κ3) is 4.04. The first-order valence-electron chi connectivity index (χ1n) is 9.28. The quantitative estimate of drug-likeness (QED) is 0.535. The van der Waals surface area contributed by atoms with Crippen molar-refractivity contribution in [1.82, 2.24) is 14.7 Å². The molecular weight excluding hydrogens is 348 g/mol. The van der Waals surface area contributed by atoms with Crippen LogP contribution in [0.25, 0.3) is 5.65 Å². The molecule has 0 atom stereocenters. The first kappa shape index (κ1) is 17.8. The van der Waals surface area contributed by atoms with Gasteiger partial charge in [0.2, 0.25) is 0 Å². The van der Waals surface area contributed by atoms with E-state index in [0.29, 0.717) is 18.7 Å². The van der Waals surface area contributed by atoms with E-state index in [4.69, 9.17) is 0 Å². The van der Waals surface area contributed by atoms with E-state index in [-0.39, 0.29) is 5.91 Å². The number of amides is 1. The van der Waals surface area contributed by atoms with Crippen molar-refractivity contribution in [1.29, 1.82) is 0 Å². The van der Waals surface area contributed by atoms with Gasteiger partial charge in [-0.1, -0.05) is 48.0 Å². The molecule has 0 aliphatic heterocycles. The summed E-state index contributed by atoms with van der Waals surface area (Å²) >= 11 is 0. The van der Waals surface area contributed by atoms with Crippen molar-refractivity contribution in [3.8, 4) is 0 Å². The summed E-state index contributed by atoms with van der Waals surface area (Å²) in [5.41, 5.74) is 5.52. The molecule has 5 nitrogen and oxygen atoms in total. The number of pyridine rings is 1. The van der Waals surface area contributed by atoms with Crippen LogP contribution in [0.2, 0.25) is 0 Å². The van der Waals surface area contributed by atoms with Gasteiger partial charge >= 0.3 is 0 Å². The van der Waals surface area contributed by atoms with Crippen LogP contribution in [0, 0.1) is 6.92 Å². The monoisotopic (exact) mass is 370 g/mol. The summed E-state index contributed by atoms with van der Waals surface area (Å²) in [4.78, 5) is 17.3. The molecule has 0 saturated carbocycles. The summed E-state index contributed by atoms with van der Waals surface area (Å²) in [6.07, 6.45) is 3.96. The van der Waals surface area contributed by atoms with Crippen LogP contribution in [0.3, 0.4) is 0 Å². The van der Waals surface area contributed by atoms with Gasteiger partial charge in [-0.25, -0.2) is 4.98 Å². The Labute approximate surface area is 164 Å². The summed E-state index contributed by atoms with van der Waals surface area (Å²) in [6, 6.07) is 21.6. The number of hydrogen-bond donors (Lipinski definition) is 2. The van der Waals surface area contributed by atoms with Crippen molar-refractivity contribution in [3.05, 3.63) is 102 Å². The molecule has 1 amide bonds. The number of carbonyl (C=O) groups is 1. The Morgan fingerprint density at radius 1 is 0.964 bits per heavy atom. The maximum absolute atomic E-state index is 12.7. The third-order valence-electron chi connectivity index (χ3n) is 4.62. The number of para-hydroxylation sites is 1. The number of nitrogens with one attached hydrogen (secondary N) is 2. The molecular formula is C23H22N4O. The Hall–Kier alpha value is -3.60. The van der Waals surface area contributed by atoms with Crippen LogP contribution in [0.1, 0.15) is 27.2 Å². The second-order valence-electron chi connectivity index (χ2n) is 6.77. The number of benzene rings is 2. The molecule has 2 aromatic heterocycles. The van der Waals surface area contributed by atoms with E-state index in [9.17, 15) is 4.79 Å². The van der Waals surface area contributed by atoms with Crippen molar-refractivity contribution in [2.75, 3.05) is 5.32 Å². The van der Waals surface area contributed by atoms with Gasteiger partial charge in [0.1, 0.15) is 5.65 Å². The largest absolute Gasteiger partial charge is 0.379 e. The van der Waals surface area contributed by atoms with Crippen LogP contribution < -0.4 is 10.6 Å². The van der Waals surface area contributed by atoms with Gasteiger partial charge in [0.05, 0.1) is 17.8 Å². The van der Waals surface area contributed by atoms with E-state index in [1.165, 1.54) is 5.56 Å². The Morgan fingerprint density at radius 3 is 2.57 bits per heavy atom. The predicted molar refractivity (Wildman–Crippen MR) is 111 cm³/mol. The van der Waals surface area contributed by atoms with Crippen LogP contribution in [0.5, 0.6) is 0 Å². The zero-order valence-corrected chi connectivity index (χ0v) is 15.7. The van der Waals surface area contributed by atoms with Gasteiger partial charge in [-0.3, -0.25) is 4.79 Å². The fourth-order valence-corrected chi connectivity index (χ4v) is 3.08. The topological polar surface area (TPSA) is 58.4 Å². The van der Waals surface area contributed by atoms with E-state index < -0.39 is 0 Å². The van der Waals surface area contributed by atoms with Crippen molar-refractivity contribution < 1.29 is 4.79 Å². The number of anilines is 1. The van der Waals surface area contributed by atoms with Crippen molar-refractivity contribution in [2.24, 2.45) is 0 Å². The highest BCUT2D eigenvalue weighted by Crippen LogP contribution is 2.17. The lowest BCUT2D eigenvalue weighted by Gasteiger charge is -2.12. The number of hydrogen-bond acceptors (Lipinski definition) is 3. The van der Waals surface area contributed by atoms with E-state index in [2.05, 4.69) is 15.6 Å². The lowest BCUT2D eigenvalue weighted by Crippen LogP contribution is -2.24. The standard InChI is InChI=1S/C23H22N4O/c1-17-9-11-18(12-10-17)14-25-23(28)20-6-2-3-7-21(20)24-15-19-16-27-13-5-4-8-22(27)26-19/h2-13,16,24H,14-15H2,1H3,(H,25,28). The van der Waals surface area contributed by atoms with E-state index in [1.54, 1.807) is 0 Å². The zero-order valence-electron chi connectivity index (χ0n) is 15.7. The molecule has 0 bridgehead atoms. The minimum atomic E-state index is -0.0984. The molecule has 0 radical (unpaired) electrons. The van der Waals surface area contributed by atoms with Gasteiger partial charge in [0.25, 0.3) is 5.91 Å². The molecule has 2 N–H and O–H groups in total. The summed E-state index contributed by atoms with van der Waals surface area (Å²) in [5, 5.41) is 6.34. The van der Waals surface area contributed by atoms with Gasteiger partial charge in [0, 0.05) is 24.6 Å². The summed E-state index contributed by atoms with van der Waals surface area (Å²) in [5.74, 6) is -0.0984. The van der Waals surface area contributed by atoms with Crippen LogP contribution in [0.15, 0.2) is 79.1 Å². The molecule has 140 valence electrons. The molecule has 4 aromatic rings. The molecule has 0 aliphatic carbocycles. The van der Waals surface area contributed by atoms with Crippen molar-refractivity contribution in [2.45, 2.75) is 20.0 Å². The number of carbonyl (C=O) groups excluding carboxylic acids is 1. The van der Waals surface area contributed by atoms with E-state index in [1.807, 2.05) is 90.4 Å². The van der Waals surface area contributed by atoms with Gasteiger partial charge in [0.15, 0.2) is 0 Å². The maximum Gasteiger partial charge on any atom is 0.253 e. The Balaban J connectivity index is 1.43. The normalized spacial score (nSPS) is 10.8. The number of rotatable bonds is 6. The number of aryl methyl sites for hydroxylation is 1. The van der Waals surface area contributed by atoms with Gasteiger partial charge in [-0.2, -0.15) is 0 Å². The lowest BCUT2D eigenvalue weighted by molar-refractivity contribution is 0.0951. The molecule has 0 aliphatic rings. The first-order chi connectivity index (χ1) is 13.7. The SMILES string of the molecule is Cc1ccc(CNC(=O)c2ccccc2NCc2cn3ccccc3n2)cc1. The van der Waals surface area contributed by atoms with Crippen molar-refractivity contribution in [3.63, 3.8) is 0 Å². The average Bonchev–Trinajstić information content (AvgIpc) is 3.15. The van der Waals surface area contributed by atoms with Crippen LogP contribution in [0.4, 0.5) is 5.69 Å². The molecule has 2 aromatic carbocycles. The average molecular weight is 370 g/mol. The fourth-order valence-electron chi connectivity index (χ4n) is 3.08. The Kier molecular flexibility index (Phi) is 5.06. The highest BCUT2D eigenvalue weighted by atomic mass is 16.1. The molecule has 0 spiro atoms. The molecule has 0 fully saturated rings. The van der Waals surface area contributed by atoms with Gasteiger partial charge < -0.3 is 15.0 Å². The van der Waals surface area contributed by atoms with E-state index in [0.717, 1.165) is 22.6 Å². The number of imidazole rings is 1. The second kappa shape index (κ2) is 7.96. The predicted octanol–water partition coefficient (Wildman–Crippen LogP) is 4.18. The summed E-state index contributed by atoms with van der Waals surface area (Å²) in [6.45, 7) is 3.09. The molecule has 0 unspecified atom stereocenters. The minimum absolute atomic E-state index is 0.0984. The van der Waals surface area contributed by atoms with Gasteiger partial charge in [-0.05, 0) is 36.8 Å². The smallest absolute Gasteiger partial charge is 0.253 e. The fraction of sp³-hybridized carbons (Fsp3) is 0.130. The summed E-state index contributed by atoms with van der Waals surface area (Å²) < 4.78 is 1.98. The number of aromatic nitrogens is 2. The van der Waals surface area contributed by atoms with Crippen LogP contribution >= 0.6 is 0 Å². The highest BCUT2D eigenvalue weighted by Gasteiger charge is 2.11. The minimum Gasteiger partial charge on any atom is -0.379 e. The molecule has 5 heteroatoms. The number of nitrogens with zero attached hydrogens (tertiary/aromatic N) is 2. The maximum atomic E-state index is 12.7. The zero-order chi connectivity index (χ0) is 19.3. The highest BCUT2D eigenvalue weighted by molar-refractivity contribution is 5.99. The Morgan fingerprint density at radius 2 is 1.75 bits per heavy atom. The van der Waals surface area contributed by atoms with E-state index >= 15 is 0 Å². The third-order valence-corrected chi connectivity index (χ3v) is 4.62. The van der Waals surface area contributed by atoms with Crippen molar-refractivity contribution >= 4 is 17.2 Å². The van der Waals surface area contributed by atoms with Crippen LogP contribution in [-0.4, -0.2) is 15.3 Å². The van der Waals surface area contributed by atoms with Crippen LogP contribution in [-0.2, 0) is 13.1 Å². The molecule has 4 rings (SSSR count). The molecule has 28 heavy (non-hydrogen) atoms. The molecule has 2 heterocycles. The molecule has 0 saturated heterocycles. The summed E-state index contributed by atoms with van der Waals surface area (Å²) in [7, 11) is 0. The van der Waals surface area contributed by atoms with Gasteiger partial charge in [-0.15, -0.1) is 0 Å². The first-order valence-corrected chi connectivity index (χ1v) is 9.28. The Bertz CT molecular complexity index is 1070. The number of fused-ring (bicyclic) bond motifs is 1. The second-order valence-corrected chi connectivity index (χ2v) is 6.77.